The van der Waals surface area contributed by atoms with E-state index in [0.717, 1.165) is 0 Å². The molecule has 0 aliphatic heterocycles. The van der Waals surface area contributed by atoms with Crippen LogP contribution in [-0.4, -0.2) is 11.8 Å². The number of hydrogen-bond acceptors (Lipinski definition) is 4. The maximum atomic E-state index is 13.1. The van der Waals surface area contributed by atoms with Crippen molar-refractivity contribution < 1.29 is 18.4 Å². The van der Waals surface area contributed by atoms with Gasteiger partial charge in [-0.05, 0) is 72.8 Å². The van der Waals surface area contributed by atoms with E-state index < -0.39 is 0 Å². The lowest BCUT2D eigenvalue weighted by Gasteiger charge is -2.12. The molecular formula is C26H18F2N2O2S2. The first kappa shape index (κ1) is 23.5. The highest BCUT2D eigenvalue weighted by Crippen LogP contribution is 2.40. The van der Waals surface area contributed by atoms with Crippen LogP contribution in [0.25, 0.3) is 0 Å². The summed E-state index contributed by atoms with van der Waals surface area (Å²) in [6.45, 7) is 0. The van der Waals surface area contributed by atoms with Crippen molar-refractivity contribution in [3.63, 3.8) is 0 Å². The fourth-order valence-electron chi connectivity index (χ4n) is 3.01. The van der Waals surface area contributed by atoms with Crippen molar-refractivity contribution in [2.75, 3.05) is 10.6 Å². The second-order valence-corrected chi connectivity index (χ2v) is 9.29. The van der Waals surface area contributed by atoms with Crippen LogP contribution in [0.1, 0.15) is 20.7 Å². The minimum atomic E-state index is -0.382. The van der Waals surface area contributed by atoms with E-state index in [1.807, 2.05) is 24.3 Å². The summed E-state index contributed by atoms with van der Waals surface area (Å²) >= 11 is 0. The lowest BCUT2D eigenvalue weighted by molar-refractivity contribution is 0.101. The number of rotatable bonds is 7. The molecule has 4 rings (SSSR count). The van der Waals surface area contributed by atoms with Crippen LogP contribution in [0.5, 0.6) is 0 Å². The normalized spacial score (nSPS) is 10.5. The predicted octanol–water partition coefficient (Wildman–Crippen LogP) is 7.27. The summed E-state index contributed by atoms with van der Waals surface area (Å²) in [5, 5.41) is 5.53. The number of anilines is 2. The zero-order valence-electron chi connectivity index (χ0n) is 17.6. The van der Waals surface area contributed by atoms with E-state index in [2.05, 4.69) is 10.6 Å². The van der Waals surface area contributed by atoms with Crippen LogP contribution in [-0.2, 0) is 0 Å². The van der Waals surface area contributed by atoms with Gasteiger partial charge >= 0.3 is 0 Å². The van der Waals surface area contributed by atoms with Crippen LogP contribution < -0.4 is 10.6 Å². The van der Waals surface area contributed by atoms with Crippen LogP contribution in [0, 0.1) is 11.6 Å². The van der Waals surface area contributed by atoms with Gasteiger partial charge in [-0.3, -0.25) is 9.59 Å². The zero-order valence-corrected chi connectivity index (χ0v) is 19.3. The average Bonchev–Trinajstić information content (AvgIpc) is 2.86. The molecule has 4 aromatic rings. The van der Waals surface area contributed by atoms with Gasteiger partial charge in [0.25, 0.3) is 11.8 Å². The minimum absolute atomic E-state index is 0.322. The van der Waals surface area contributed by atoms with Crippen molar-refractivity contribution in [3.05, 3.63) is 120 Å². The maximum absolute atomic E-state index is 13.1. The predicted molar refractivity (Wildman–Crippen MR) is 133 cm³/mol. The fraction of sp³-hybridized carbons (Fsp3) is 0. The third kappa shape index (κ3) is 6.03. The fourth-order valence-corrected chi connectivity index (χ4v) is 5.37. The van der Waals surface area contributed by atoms with Crippen LogP contribution in [0.4, 0.5) is 20.2 Å². The van der Waals surface area contributed by atoms with E-state index in [1.54, 1.807) is 24.3 Å². The average molecular weight is 493 g/mol. The van der Waals surface area contributed by atoms with Crippen molar-refractivity contribution in [1.82, 2.24) is 0 Å². The molecule has 0 fully saturated rings. The lowest BCUT2D eigenvalue weighted by Crippen LogP contribution is -2.13. The molecule has 170 valence electrons. The second kappa shape index (κ2) is 11.0. The molecule has 4 nitrogen and oxygen atoms in total. The van der Waals surface area contributed by atoms with E-state index in [1.165, 1.54) is 70.1 Å². The summed E-state index contributed by atoms with van der Waals surface area (Å²) in [5.41, 5.74) is 1.89. The van der Waals surface area contributed by atoms with Gasteiger partial charge in [-0.15, -0.1) is 0 Å². The Kier molecular flexibility index (Phi) is 7.61. The summed E-state index contributed by atoms with van der Waals surface area (Å²) in [7, 11) is 2.70. The van der Waals surface area contributed by atoms with Gasteiger partial charge in [0.05, 0.1) is 11.1 Å². The largest absolute Gasteiger partial charge is 0.322 e. The molecule has 2 amide bonds. The van der Waals surface area contributed by atoms with Crippen LogP contribution in [0.2, 0.25) is 0 Å². The van der Waals surface area contributed by atoms with Crippen molar-refractivity contribution >= 4 is 44.8 Å². The Balaban J connectivity index is 1.48. The number of nitrogens with one attached hydrogen (secondary N) is 2. The summed E-state index contributed by atoms with van der Waals surface area (Å²) in [5.74, 6) is -1.41. The Hall–Kier alpha value is -3.62. The molecule has 0 atom stereocenters. The van der Waals surface area contributed by atoms with Gasteiger partial charge in [0.15, 0.2) is 0 Å². The summed E-state index contributed by atoms with van der Waals surface area (Å²) in [6, 6.07) is 25.3. The Morgan fingerprint density at radius 3 is 1.26 bits per heavy atom. The Morgan fingerprint density at radius 1 is 0.529 bits per heavy atom. The number of carbonyl (C=O) groups excluding carboxylic acids is 2. The maximum Gasteiger partial charge on any atom is 0.256 e. The van der Waals surface area contributed by atoms with Gasteiger partial charge in [-0.2, -0.15) is 0 Å². The molecule has 0 aromatic heterocycles. The molecule has 0 heterocycles. The highest BCUT2D eigenvalue weighted by atomic mass is 33.1. The molecule has 0 radical (unpaired) electrons. The van der Waals surface area contributed by atoms with E-state index in [4.69, 9.17) is 0 Å². The molecular weight excluding hydrogens is 474 g/mol. The van der Waals surface area contributed by atoms with E-state index in [-0.39, 0.29) is 23.4 Å². The highest BCUT2D eigenvalue weighted by molar-refractivity contribution is 8.76. The third-order valence-electron chi connectivity index (χ3n) is 4.69. The molecule has 0 spiro atoms. The molecule has 0 unspecified atom stereocenters. The number of benzene rings is 4. The van der Waals surface area contributed by atoms with E-state index in [9.17, 15) is 18.4 Å². The molecule has 8 heteroatoms. The van der Waals surface area contributed by atoms with Gasteiger partial charge in [-0.25, -0.2) is 8.78 Å². The minimum Gasteiger partial charge on any atom is -0.322 e. The smallest absolute Gasteiger partial charge is 0.256 e. The van der Waals surface area contributed by atoms with Crippen molar-refractivity contribution in [2.24, 2.45) is 0 Å². The van der Waals surface area contributed by atoms with Gasteiger partial charge in [0, 0.05) is 21.2 Å². The molecule has 34 heavy (non-hydrogen) atoms. The van der Waals surface area contributed by atoms with Gasteiger partial charge in [0.2, 0.25) is 0 Å². The van der Waals surface area contributed by atoms with Crippen molar-refractivity contribution in [3.8, 4) is 0 Å². The second-order valence-electron chi connectivity index (χ2n) is 7.08. The molecule has 4 aromatic carbocycles. The molecule has 0 saturated heterocycles. The SMILES string of the molecule is O=C(Nc1ccc(F)cc1)c1ccccc1SSc1ccccc1C(=O)Nc1ccc(F)cc1. The summed E-state index contributed by atoms with van der Waals surface area (Å²) in [6.07, 6.45) is 0. The van der Waals surface area contributed by atoms with Gasteiger partial charge in [-0.1, -0.05) is 45.9 Å². The first-order chi connectivity index (χ1) is 16.5. The topological polar surface area (TPSA) is 58.2 Å². The Labute approximate surface area is 203 Å². The molecule has 0 aliphatic carbocycles. The monoisotopic (exact) mass is 492 g/mol. The van der Waals surface area contributed by atoms with Crippen LogP contribution in [0.3, 0.4) is 0 Å². The Morgan fingerprint density at radius 2 is 0.882 bits per heavy atom. The summed E-state index contributed by atoms with van der Waals surface area (Å²) in [4.78, 5) is 27.0. The Bertz CT molecular complexity index is 1210. The number of amides is 2. The highest BCUT2D eigenvalue weighted by Gasteiger charge is 2.16. The lowest BCUT2D eigenvalue weighted by atomic mass is 10.2. The van der Waals surface area contributed by atoms with Gasteiger partial charge < -0.3 is 10.6 Å². The first-order valence-corrected chi connectivity index (χ1v) is 12.3. The van der Waals surface area contributed by atoms with E-state index in [0.29, 0.717) is 32.3 Å². The van der Waals surface area contributed by atoms with Crippen LogP contribution in [0.15, 0.2) is 107 Å². The van der Waals surface area contributed by atoms with Crippen molar-refractivity contribution in [1.29, 1.82) is 0 Å². The molecule has 0 bridgehead atoms. The van der Waals surface area contributed by atoms with Crippen LogP contribution >= 0.6 is 21.6 Å². The van der Waals surface area contributed by atoms with Gasteiger partial charge in [0.1, 0.15) is 11.6 Å². The number of halogens is 2. The van der Waals surface area contributed by atoms with Crippen molar-refractivity contribution in [2.45, 2.75) is 9.79 Å². The van der Waals surface area contributed by atoms with E-state index >= 15 is 0 Å². The number of hydrogen-bond donors (Lipinski definition) is 2. The molecule has 0 saturated carbocycles. The third-order valence-corrected chi connectivity index (χ3v) is 7.17. The molecule has 0 aliphatic rings. The zero-order chi connectivity index (χ0) is 23.9. The molecule has 2 N–H and O–H groups in total. The standard InChI is InChI=1S/C26H18F2N2O2S2/c27-17-9-13-19(14-10-17)29-25(31)21-5-1-3-7-23(21)33-34-24-8-4-2-6-22(24)26(32)30-20-15-11-18(28)12-16-20/h1-16H,(H,29,31)(H,30,32). The quantitative estimate of drug-likeness (QED) is 0.266. The first-order valence-electron chi connectivity index (χ1n) is 10.2. The number of carbonyl (C=O) groups is 2. The summed E-state index contributed by atoms with van der Waals surface area (Å²) < 4.78 is 26.3.